The number of para-hydroxylation sites is 1. The number of rotatable bonds is 5. The van der Waals surface area contributed by atoms with Crippen LogP contribution in [0.5, 0.6) is 5.75 Å². The highest BCUT2D eigenvalue weighted by Crippen LogP contribution is 2.32. The molecule has 1 heterocycles. The SMILES string of the molecule is COc1cc(Cl)c(C)cc1Nc1nc(C)cc(C(=O)N(C)c2ccccc2)n1. The summed E-state index contributed by atoms with van der Waals surface area (Å²) in [7, 11) is 3.28. The van der Waals surface area contributed by atoms with Crippen molar-refractivity contribution < 1.29 is 9.53 Å². The van der Waals surface area contributed by atoms with Gasteiger partial charge in [-0.2, -0.15) is 0 Å². The molecule has 144 valence electrons. The third-order valence-corrected chi connectivity index (χ3v) is 4.66. The van der Waals surface area contributed by atoms with Gasteiger partial charge in [0.05, 0.1) is 12.8 Å². The molecule has 0 aliphatic heterocycles. The van der Waals surface area contributed by atoms with Crippen molar-refractivity contribution in [2.75, 3.05) is 24.4 Å². The molecule has 1 aromatic heterocycles. The number of amides is 1. The summed E-state index contributed by atoms with van der Waals surface area (Å²) in [5.41, 5.74) is 3.31. The zero-order chi connectivity index (χ0) is 20.3. The van der Waals surface area contributed by atoms with Crippen molar-refractivity contribution in [1.82, 2.24) is 9.97 Å². The molecule has 0 fully saturated rings. The van der Waals surface area contributed by atoms with Crippen molar-refractivity contribution >= 4 is 34.8 Å². The largest absolute Gasteiger partial charge is 0.495 e. The first-order valence-corrected chi connectivity index (χ1v) is 9.07. The van der Waals surface area contributed by atoms with Crippen LogP contribution in [0.15, 0.2) is 48.5 Å². The number of nitrogens with one attached hydrogen (secondary N) is 1. The van der Waals surface area contributed by atoms with Crippen molar-refractivity contribution in [3.63, 3.8) is 0 Å². The molecule has 2 aromatic carbocycles. The number of carbonyl (C=O) groups is 1. The van der Waals surface area contributed by atoms with Gasteiger partial charge in [0.25, 0.3) is 5.91 Å². The molecular formula is C21H21ClN4O2. The van der Waals surface area contributed by atoms with Crippen LogP contribution in [-0.2, 0) is 0 Å². The maximum absolute atomic E-state index is 12.9. The zero-order valence-corrected chi connectivity index (χ0v) is 16.9. The minimum absolute atomic E-state index is 0.223. The van der Waals surface area contributed by atoms with Crippen molar-refractivity contribution in [3.8, 4) is 5.75 Å². The molecule has 3 aromatic rings. The van der Waals surface area contributed by atoms with Crippen LogP contribution in [0.4, 0.5) is 17.3 Å². The van der Waals surface area contributed by atoms with E-state index >= 15 is 0 Å². The van der Waals surface area contributed by atoms with Gasteiger partial charge in [-0.15, -0.1) is 0 Å². The van der Waals surface area contributed by atoms with E-state index in [1.807, 2.05) is 50.2 Å². The Kier molecular flexibility index (Phi) is 5.80. The number of aryl methyl sites for hydroxylation is 2. The maximum atomic E-state index is 12.9. The molecule has 6 nitrogen and oxygen atoms in total. The second-order valence-corrected chi connectivity index (χ2v) is 6.75. The summed E-state index contributed by atoms with van der Waals surface area (Å²) in [5, 5.41) is 3.73. The molecular weight excluding hydrogens is 376 g/mol. The Morgan fingerprint density at radius 1 is 1.11 bits per heavy atom. The molecule has 7 heteroatoms. The summed E-state index contributed by atoms with van der Waals surface area (Å²) >= 11 is 6.16. The Morgan fingerprint density at radius 3 is 2.50 bits per heavy atom. The standard InChI is InChI=1S/C21H21ClN4O2/c1-13-10-17(19(28-4)12-16(13)22)24-21-23-14(2)11-18(25-21)20(27)26(3)15-8-6-5-7-9-15/h5-12H,1-4H3,(H,23,24,25). The molecule has 0 spiro atoms. The maximum Gasteiger partial charge on any atom is 0.276 e. The van der Waals surface area contributed by atoms with E-state index in [4.69, 9.17) is 16.3 Å². The minimum atomic E-state index is -0.223. The van der Waals surface area contributed by atoms with Gasteiger partial charge in [0.15, 0.2) is 0 Å². The number of aromatic nitrogens is 2. The molecule has 28 heavy (non-hydrogen) atoms. The van der Waals surface area contributed by atoms with Crippen LogP contribution in [0.2, 0.25) is 5.02 Å². The topological polar surface area (TPSA) is 67.3 Å². The number of halogens is 1. The predicted molar refractivity (Wildman–Crippen MR) is 112 cm³/mol. The van der Waals surface area contributed by atoms with Crippen LogP contribution >= 0.6 is 11.6 Å². The normalized spacial score (nSPS) is 10.5. The molecule has 3 rings (SSSR count). The average Bonchev–Trinajstić information content (AvgIpc) is 2.69. The minimum Gasteiger partial charge on any atom is -0.495 e. The Morgan fingerprint density at radius 2 is 1.82 bits per heavy atom. The Labute approximate surface area is 169 Å². The number of benzene rings is 2. The van der Waals surface area contributed by atoms with Crippen LogP contribution in [0, 0.1) is 13.8 Å². The number of carbonyl (C=O) groups excluding carboxylic acids is 1. The van der Waals surface area contributed by atoms with E-state index in [2.05, 4.69) is 15.3 Å². The van der Waals surface area contributed by atoms with Crippen molar-refractivity contribution in [1.29, 1.82) is 0 Å². The molecule has 0 saturated carbocycles. The lowest BCUT2D eigenvalue weighted by molar-refractivity contribution is 0.0988. The quantitative estimate of drug-likeness (QED) is 0.672. The van der Waals surface area contributed by atoms with E-state index in [-0.39, 0.29) is 5.91 Å². The highest BCUT2D eigenvalue weighted by molar-refractivity contribution is 6.31. The number of nitrogens with zero attached hydrogens (tertiary/aromatic N) is 3. The molecule has 0 aliphatic carbocycles. The second-order valence-electron chi connectivity index (χ2n) is 6.34. The molecule has 0 radical (unpaired) electrons. The highest BCUT2D eigenvalue weighted by atomic mass is 35.5. The summed E-state index contributed by atoms with van der Waals surface area (Å²) in [6, 6.07) is 14.6. The third-order valence-electron chi connectivity index (χ3n) is 4.25. The van der Waals surface area contributed by atoms with Gasteiger partial charge in [-0.05, 0) is 43.7 Å². The summed E-state index contributed by atoms with van der Waals surface area (Å²) in [5.74, 6) is 0.652. The predicted octanol–water partition coefficient (Wildman–Crippen LogP) is 4.78. The molecule has 0 unspecified atom stereocenters. The smallest absolute Gasteiger partial charge is 0.276 e. The van der Waals surface area contributed by atoms with Crippen molar-refractivity contribution in [3.05, 3.63) is 70.5 Å². The fraction of sp³-hybridized carbons (Fsp3) is 0.190. The van der Waals surface area contributed by atoms with Crippen molar-refractivity contribution in [2.24, 2.45) is 0 Å². The summed E-state index contributed by atoms with van der Waals surface area (Å²) in [6.45, 7) is 3.71. The van der Waals surface area contributed by atoms with Gasteiger partial charge in [0.1, 0.15) is 11.4 Å². The summed E-state index contributed by atoms with van der Waals surface area (Å²) in [6.07, 6.45) is 0. The zero-order valence-electron chi connectivity index (χ0n) is 16.2. The fourth-order valence-electron chi connectivity index (χ4n) is 2.72. The van der Waals surface area contributed by atoms with E-state index < -0.39 is 0 Å². The lowest BCUT2D eigenvalue weighted by Crippen LogP contribution is -2.27. The number of ether oxygens (including phenoxy) is 1. The van der Waals surface area contributed by atoms with E-state index in [0.29, 0.717) is 33.8 Å². The first-order valence-electron chi connectivity index (χ1n) is 8.69. The van der Waals surface area contributed by atoms with Crippen LogP contribution in [0.1, 0.15) is 21.7 Å². The second kappa shape index (κ2) is 8.27. The van der Waals surface area contributed by atoms with Crippen molar-refractivity contribution in [2.45, 2.75) is 13.8 Å². The van der Waals surface area contributed by atoms with Gasteiger partial charge in [-0.25, -0.2) is 9.97 Å². The van der Waals surface area contributed by atoms with E-state index in [0.717, 1.165) is 11.3 Å². The third kappa shape index (κ3) is 4.23. The lowest BCUT2D eigenvalue weighted by Gasteiger charge is -2.18. The van der Waals surface area contributed by atoms with Gasteiger partial charge in [0.2, 0.25) is 5.95 Å². The van der Waals surface area contributed by atoms with Gasteiger partial charge in [0, 0.05) is 29.5 Å². The fourth-order valence-corrected chi connectivity index (χ4v) is 2.88. The molecule has 0 aliphatic rings. The molecule has 0 atom stereocenters. The van der Waals surface area contributed by atoms with E-state index in [1.54, 1.807) is 31.2 Å². The Bertz CT molecular complexity index is 1010. The number of anilines is 3. The number of hydrogen-bond donors (Lipinski definition) is 1. The molecule has 0 saturated heterocycles. The van der Waals surface area contributed by atoms with Gasteiger partial charge in [-0.3, -0.25) is 4.79 Å². The summed E-state index contributed by atoms with van der Waals surface area (Å²) in [4.78, 5) is 23.2. The monoisotopic (exact) mass is 396 g/mol. The van der Waals surface area contributed by atoms with Gasteiger partial charge in [-0.1, -0.05) is 29.8 Å². The van der Waals surface area contributed by atoms with E-state index in [1.165, 1.54) is 0 Å². The Hall–Kier alpha value is -3.12. The molecule has 0 bridgehead atoms. The number of methoxy groups -OCH3 is 1. The first-order chi connectivity index (χ1) is 13.4. The molecule has 1 N–H and O–H groups in total. The van der Waals surface area contributed by atoms with Gasteiger partial charge >= 0.3 is 0 Å². The number of hydrogen-bond acceptors (Lipinski definition) is 5. The van der Waals surface area contributed by atoms with E-state index in [9.17, 15) is 4.79 Å². The summed E-state index contributed by atoms with van der Waals surface area (Å²) < 4.78 is 5.38. The van der Waals surface area contributed by atoms with Crippen LogP contribution < -0.4 is 15.0 Å². The van der Waals surface area contributed by atoms with Crippen LogP contribution in [0.25, 0.3) is 0 Å². The lowest BCUT2D eigenvalue weighted by atomic mass is 10.2. The Balaban J connectivity index is 1.92. The average molecular weight is 397 g/mol. The molecule has 1 amide bonds. The highest BCUT2D eigenvalue weighted by Gasteiger charge is 2.17. The van der Waals surface area contributed by atoms with Crippen LogP contribution in [0.3, 0.4) is 0 Å². The van der Waals surface area contributed by atoms with Crippen LogP contribution in [-0.4, -0.2) is 30.0 Å². The first kappa shape index (κ1) is 19.6. The van der Waals surface area contributed by atoms with Gasteiger partial charge < -0.3 is 15.0 Å².